The van der Waals surface area contributed by atoms with Crippen molar-refractivity contribution in [1.82, 2.24) is 19.9 Å². The minimum atomic E-state index is -0.132. The molecule has 100 valence electrons. The fraction of sp³-hybridized carbons (Fsp3) is 0.500. The summed E-state index contributed by atoms with van der Waals surface area (Å²) in [5.74, 6) is 0.736. The summed E-state index contributed by atoms with van der Waals surface area (Å²) in [7, 11) is 1.43. The maximum atomic E-state index is 11.4. The average Bonchev–Trinajstić information content (AvgIpc) is 3.01. The molecule has 0 aliphatic heterocycles. The predicted molar refractivity (Wildman–Crippen MR) is 70.7 cm³/mol. The van der Waals surface area contributed by atoms with E-state index in [0.29, 0.717) is 12.1 Å². The molecule has 1 N–H and O–H groups in total. The van der Waals surface area contributed by atoms with E-state index in [1.807, 2.05) is 0 Å². The average molecular weight is 278 g/mol. The second kappa shape index (κ2) is 4.80. The molecule has 0 bridgehead atoms. The summed E-state index contributed by atoms with van der Waals surface area (Å²) in [6.07, 6.45) is 5.78. The zero-order valence-corrected chi connectivity index (χ0v) is 11.4. The molecule has 6 nitrogen and oxygen atoms in total. The maximum Gasteiger partial charge on any atom is 0.306 e. The van der Waals surface area contributed by atoms with Gasteiger partial charge in [-0.3, -0.25) is 4.79 Å². The number of aromatic amines is 1. The zero-order valence-electron chi connectivity index (χ0n) is 10.5. The van der Waals surface area contributed by atoms with Gasteiger partial charge in [0.05, 0.1) is 19.9 Å². The number of carbonyl (C=O) groups is 1. The number of rotatable bonds is 5. The van der Waals surface area contributed by atoms with Crippen molar-refractivity contribution in [3.8, 4) is 0 Å². The Kier molecular flexibility index (Phi) is 3.14. The van der Waals surface area contributed by atoms with Crippen molar-refractivity contribution in [3.05, 3.63) is 12.7 Å². The first kappa shape index (κ1) is 12.4. The minimum Gasteiger partial charge on any atom is -0.469 e. The van der Waals surface area contributed by atoms with Gasteiger partial charge in [0.15, 0.2) is 5.65 Å². The number of hydrogen-bond acceptors (Lipinski definition) is 6. The molecule has 0 aromatic carbocycles. The second-order valence-corrected chi connectivity index (χ2v) is 5.79. The highest BCUT2D eigenvalue weighted by Gasteiger charge is 2.44. The smallest absolute Gasteiger partial charge is 0.306 e. The highest BCUT2D eigenvalue weighted by atomic mass is 32.2. The van der Waals surface area contributed by atoms with Crippen LogP contribution in [0.3, 0.4) is 0 Å². The Morgan fingerprint density at radius 1 is 1.47 bits per heavy atom. The van der Waals surface area contributed by atoms with Crippen LogP contribution in [0.25, 0.3) is 11.2 Å². The van der Waals surface area contributed by atoms with Crippen LogP contribution >= 0.6 is 11.8 Å². The molecule has 7 heteroatoms. The number of fused-ring (bicyclic) bond motifs is 1. The molecule has 0 saturated heterocycles. The molecule has 0 amide bonds. The lowest BCUT2D eigenvalue weighted by molar-refractivity contribution is -0.141. The number of carbonyl (C=O) groups excluding carboxylic acids is 1. The van der Waals surface area contributed by atoms with Gasteiger partial charge in [0.25, 0.3) is 0 Å². The molecule has 2 aromatic rings. The van der Waals surface area contributed by atoms with Gasteiger partial charge in [0, 0.05) is 5.75 Å². The molecule has 0 atom stereocenters. The summed E-state index contributed by atoms with van der Waals surface area (Å²) in [6.45, 7) is 0. The molecule has 2 heterocycles. The molecule has 1 saturated carbocycles. The van der Waals surface area contributed by atoms with Gasteiger partial charge in [-0.15, -0.1) is 11.8 Å². The van der Waals surface area contributed by atoms with Gasteiger partial charge >= 0.3 is 5.97 Å². The number of H-pyrrole nitrogens is 1. The lowest BCUT2D eigenvalue weighted by Gasteiger charge is -2.12. The van der Waals surface area contributed by atoms with E-state index in [4.69, 9.17) is 4.74 Å². The Labute approximate surface area is 114 Å². The topological polar surface area (TPSA) is 80.8 Å². The Morgan fingerprint density at radius 3 is 3.05 bits per heavy atom. The van der Waals surface area contributed by atoms with Crippen LogP contribution in [-0.2, 0) is 9.53 Å². The number of methoxy groups -OCH3 is 1. The van der Waals surface area contributed by atoms with Crippen molar-refractivity contribution in [1.29, 1.82) is 0 Å². The predicted octanol–water partition coefficient (Wildman–Crippen LogP) is 1.79. The molecule has 19 heavy (non-hydrogen) atoms. The number of esters is 1. The number of ether oxygens (including phenoxy) is 1. The van der Waals surface area contributed by atoms with Crippen LogP contribution in [0.2, 0.25) is 0 Å². The van der Waals surface area contributed by atoms with E-state index in [9.17, 15) is 4.79 Å². The fourth-order valence-corrected chi connectivity index (χ4v) is 3.25. The quantitative estimate of drug-likeness (QED) is 0.510. The first-order chi connectivity index (χ1) is 9.22. The van der Waals surface area contributed by atoms with Crippen LogP contribution in [0.1, 0.15) is 19.3 Å². The highest BCUT2D eigenvalue weighted by Crippen LogP contribution is 2.52. The van der Waals surface area contributed by atoms with Crippen LogP contribution in [0.4, 0.5) is 0 Å². The van der Waals surface area contributed by atoms with Gasteiger partial charge in [0.2, 0.25) is 0 Å². The number of imidazole rings is 1. The number of nitrogens with zero attached hydrogens (tertiary/aromatic N) is 3. The summed E-state index contributed by atoms with van der Waals surface area (Å²) in [5.41, 5.74) is 1.63. The molecular weight excluding hydrogens is 264 g/mol. The molecule has 0 unspecified atom stereocenters. The number of aromatic nitrogens is 4. The van der Waals surface area contributed by atoms with E-state index in [0.717, 1.165) is 29.1 Å². The maximum absolute atomic E-state index is 11.4. The standard InChI is InChI=1S/C12H14N4O2S/c1-18-8(17)4-12(2-3-12)5-19-11-9-10(14-6-13-9)15-7-16-11/h6-7H,2-5H2,1H3,(H,13,14,15,16). The lowest BCUT2D eigenvalue weighted by atomic mass is 10.1. The number of thioether (sulfide) groups is 1. The number of nitrogens with one attached hydrogen (secondary N) is 1. The third kappa shape index (κ3) is 2.56. The Bertz CT molecular complexity index is 609. The summed E-state index contributed by atoms with van der Waals surface area (Å²) >= 11 is 1.65. The molecule has 1 aliphatic rings. The Hall–Kier alpha value is -1.63. The Balaban J connectivity index is 1.69. The van der Waals surface area contributed by atoms with E-state index >= 15 is 0 Å². The third-order valence-electron chi connectivity index (χ3n) is 3.41. The summed E-state index contributed by atoms with van der Waals surface area (Å²) in [5, 5.41) is 0.888. The molecule has 2 aromatic heterocycles. The van der Waals surface area contributed by atoms with Gasteiger partial charge < -0.3 is 9.72 Å². The van der Waals surface area contributed by atoms with Crippen molar-refractivity contribution in [2.75, 3.05) is 12.9 Å². The first-order valence-corrected chi connectivity index (χ1v) is 7.05. The normalized spacial score (nSPS) is 16.5. The van der Waals surface area contributed by atoms with E-state index in [2.05, 4.69) is 19.9 Å². The van der Waals surface area contributed by atoms with Crippen LogP contribution in [0.5, 0.6) is 0 Å². The van der Waals surface area contributed by atoms with Gasteiger partial charge in [-0.1, -0.05) is 0 Å². The van der Waals surface area contributed by atoms with E-state index in [1.54, 1.807) is 18.1 Å². The highest BCUT2D eigenvalue weighted by molar-refractivity contribution is 7.99. The molecule has 1 aliphatic carbocycles. The van der Waals surface area contributed by atoms with Crippen molar-refractivity contribution in [2.45, 2.75) is 24.3 Å². The van der Waals surface area contributed by atoms with E-state index in [-0.39, 0.29) is 11.4 Å². The second-order valence-electron chi connectivity index (χ2n) is 4.82. The van der Waals surface area contributed by atoms with Crippen LogP contribution in [-0.4, -0.2) is 38.8 Å². The van der Waals surface area contributed by atoms with E-state index < -0.39 is 0 Å². The fourth-order valence-electron chi connectivity index (χ4n) is 2.00. The van der Waals surface area contributed by atoms with Crippen molar-refractivity contribution in [2.24, 2.45) is 5.41 Å². The van der Waals surface area contributed by atoms with Crippen molar-refractivity contribution >= 4 is 28.9 Å². The van der Waals surface area contributed by atoms with Gasteiger partial charge in [-0.2, -0.15) is 0 Å². The van der Waals surface area contributed by atoms with Gasteiger partial charge in [-0.25, -0.2) is 15.0 Å². The molecule has 3 rings (SSSR count). The monoisotopic (exact) mass is 278 g/mol. The SMILES string of the molecule is COC(=O)CC1(CSc2ncnc3nc[nH]c23)CC1. The molecule has 1 fully saturated rings. The largest absolute Gasteiger partial charge is 0.469 e. The van der Waals surface area contributed by atoms with Crippen LogP contribution in [0.15, 0.2) is 17.7 Å². The van der Waals surface area contributed by atoms with Crippen molar-refractivity contribution < 1.29 is 9.53 Å². The summed E-state index contributed by atoms with van der Waals surface area (Å²) in [6, 6.07) is 0. The minimum absolute atomic E-state index is 0.0923. The lowest BCUT2D eigenvalue weighted by Crippen LogP contribution is -2.13. The molecular formula is C12H14N4O2S. The molecule has 0 radical (unpaired) electrons. The molecule has 0 spiro atoms. The summed E-state index contributed by atoms with van der Waals surface area (Å²) < 4.78 is 4.75. The summed E-state index contributed by atoms with van der Waals surface area (Å²) in [4.78, 5) is 26.9. The van der Waals surface area contributed by atoms with Crippen molar-refractivity contribution in [3.63, 3.8) is 0 Å². The Morgan fingerprint density at radius 2 is 2.32 bits per heavy atom. The van der Waals surface area contributed by atoms with Gasteiger partial charge in [-0.05, 0) is 18.3 Å². The zero-order chi connectivity index (χ0) is 13.3. The third-order valence-corrected chi connectivity index (χ3v) is 4.75. The number of hydrogen-bond donors (Lipinski definition) is 1. The van der Waals surface area contributed by atoms with E-state index in [1.165, 1.54) is 13.4 Å². The van der Waals surface area contributed by atoms with Gasteiger partial charge in [0.1, 0.15) is 16.9 Å². The van der Waals surface area contributed by atoms with Crippen LogP contribution in [0, 0.1) is 5.41 Å². The van der Waals surface area contributed by atoms with Crippen LogP contribution < -0.4 is 0 Å². The first-order valence-electron chi connectivity index (χ1n) is 6.06.